The summed E-state index contributed by atoms with van der Waals surface area (Å²) in [6.07, 6.45) is 0. The first-order chi connectivity index (χ1) is 27.8. The zero-order valence-electron chi connectivity index (χ0n) is 39.5. The Morgan fingerprint density at radius 3 is 1.50 bits per heavy atom. The van der Waals surface area contributed by atoms with E-state index in [1.54, 1.807) is 42.5 Å². The van der Waals surface area contributed by atoms with Crippen LogP contribution in [-0.4, -0.2) is 0 Å². The van der Waals surface area contributed by atoms with E-state index in [1.807, 2.05) is 0 Å². The SMILES string of the molecule is [2H]c1c([2H])c([2H])c(-c2c3c([2H])c([2H])c([2H])c([2H])c3c(-c3c([2H])c([2H])c(-c4cccc5ccccc45)c4c([2H])c([2H])c([2H])c([2H])c34)c3c([2H])c([2H])c([2H])c([2H])c23)c([2H])c1[2H]. The molecule has 0 saturated carbocycles. The molecule has 0 fully saturated rings. The summed E-state index contributed by atoms with van der Waals surface area (Å²) in [7, 11) is 0. The first kappa shape index (κ1) is 10.8. The quantitative estimate of drug-likeness (QED) is 0.201. The lowest BCUT2D eigenvalue weighted by Gasteiger charge is -2.20. The van der Waals surface area contributed by atoms with Gasteiger partial charge < -0.3 is 0 Å². The first-order valence-corrected chi connectivity index (χ1v) is 12.3. The Morgan fingerprint density at radius 1 is 0.325 bits per heavy atom. The summed E-state index contributed by atoms with van der Waals surface area (Å²) < 4.78 is 170. The third-order valence-corrected chi connectivity index (χ3v) is 6.93. The molecule has 0 nitrogen and oxygen atoms in total. The van der Waals surface area contributed by atoms with Crippen LogP contribution in [0.3, 0.4) is 0 Å². The Bertz CT molecular complexity index is 3150. The summed E-state index contributed by atoms with van der Waals surface area (Å²) in [5.74, 6) is 0. The lowest BCUT2D eigenvalue weighted by molar-refractivity contribution is 1.65. The van der Waals surface area contributed by atoms with Crippen molar-refractivity contribution < 1.29 is 26.0 Å². The van der Waals surface area contributed by atoms with E-state index in [0.29, 0.717) is 16.3 Å². The first-order valence-electron chi connectivity index (χ1n) is 21.8. The van der Waals surface area contributed by atoms with Crippen LogP contribution in [0, 0.1) is 0 Å². The normalized spacial score (nSPS) is 18.1. The van der Waals surface area contributed by atoms with Crippen molar-refractivity contribution in [1.82, 2.24) is 0 Å². The van der Waals surface area contributed by atoms with E-state index in [9.17, 15) is 11.0 Å². The van der Waals surface area contributed by atoms with Gasteiger partial charge >= 0.3 is 0 Å². The molecule has 0 heteroatoms. The molecular weight excluding hydrogens is 480 g/mol. The monoisotopic (exact) mass is 525 g/mol. The second-order valence-electron chi connectivity index (χ2n) is 9.03. The Balaban J connectivity index is 1.78. The minimum absolute atomic E-state index is 0.0642. The fraction of sp³-hybridized carbons (Fsp3) is 0. The highest BCUT2D eigenvalue weighted by molar-refractivity contribution is 6.24. The summed E-state index contributed by atoms with van der Waals surface area (Å²) in [6.45, 7) is 0. The molecular formula is C40H26. The largest absolute Gasteiger partial charge is 0.0630 e. The van der Waals surface area contributed by atoms with Crippen molar-refractivity contribution in [2.24, 2.45) is 0 Å². The summed E-state index contributed by atoms with van der Waals surface area (Å²) in [5, 5.41) is -1.56. The smallest absolute Gasteiger partial charge is 0.0622 e. The van der Waals surface area contributed by atoms with Crippen LogP contribution in [0.25, 0.3) is 76.5 Å². The van der Waals surface area contributed by atoms with Crippen molar-refractivity contribution in [2.45, 2.75) is 0 Å². The fourth-order valence-electron chi connectivity index (χ4n) is 5.27. The van der Waals surface area contributed by atoms with Crippen molar-refractivity contribution in [1.29, 1.82) is 0 Å². The lowest BCUT2D eigenvalue weighted by atomic mass is 9.83. The van der Waals surface area contributed by atoms with Gasteiger partial charge in [0.15, 0.2) is 0 Å². The van der Waals surface area contributed by atoms with Crippen LogP contribution in [0.1, 0.15) is 26.0 Å². The van der Waals surface area contributed by atoms with Gasteiger partial charge in [0.05, 0.1) is 26.0 Å². The van der Waals surface area contributed by atoms with Crippen LogP contribution in [0.5, 0.6) is 0 Å². The van der Waals surface area contributed by atoms with Gasteiger partial charge in [-0.25, -0.2) is 0 Å². The minimum atomic E-state index is -0.854. The molecule has 0 heterocycles. The number of hydrogen-bond donors (Lipinski definition) is 0. The van der Waals surface area contributed by atoms with Crippen LogP contribution in [0.4, 0.5) is 0 Å². The van der Waals surface area contributed by atoms with Crippen LogP contribution < -0.4 is 0 Å². The molecule has 186 valence electrons. The Kier molecular flexibility index (Phi) is 2.48. The molecule has 0 N–H and O–H groups in total. The van der Waals surface area contributed by atoms with Crippen LogP contribution in [0.15, 0.2) is 157 Å². The van der Waals surface area contributed by atoms with Gasteiger partial charge in [-0.05, 0) is 76.5 Å². The van der Waals surface area contributed by atoms with Crippen LogP contribution in [-0.2, 0) is 0 Å². The highest BCUT2D eigenvalue weighted by atomic mass is 14.2. The third kappa shape index (κ3) is 3.47. The zero-order valence-corrected chi connectivity index (χ0v) is 20.5. The van der Waals surface area contributed by atoms with Crippen molar-refractivity contribution in [3.05, 3.63) is 157 Å². The standard InChI is InChI=1S/C40H26/c1-2-14-28(15-3-1)39-34-20-8-10-22-36(34)40(37-23-11-9-21-35(37)39)38-26-25-33(31-18-6-7-19-32(31)38)30-24-12-16-27-13-4-5-17-29(27)30/h1-26H/i1D,2D,3D,6D,7D,8D,9D,10D,11D,14D,15D,18D,19D,20D,21D,22D,23D,25D,26D. The fourth-order valence-corrected chi connectivity index (χ4v) is 5.27. The van der Waals surface area contributed by atoms with E-state index in [4.69, 9.17) is 15.1 Å². The summed E-state index contributed by atoms with van der Waals surface area (Å²) in [4.78, 5) is 0. The molecule has 0 saturated heterocycles. The predicted molar refractivity (Wildman–Crippen MR) is 173 cm³/mol. The molecule has 0 atom stereocenters. The van der Waals surface area contributed by atoms with Gasteiger partial charge in [-0.2, -0.15) is 0 Å². The molecule has 0 aromatic heterocycles. The van der Waals surface area contributed by atoms with Gasteiger partial charge in [-0.15, -0.1) is 0 Å². The second kappa shape index (κ2) is 9.22. The molecule has 0 spiro atoms. The van der Waals surface area contributed by atoms with E-state index < -0.39 is 164 Å². The molecule has 0 radical (unpaired) electrons. The van der Waals surface area contributed by atoms with Crippen molar-refractivity contribution in [3.63, 3.8) is 0 Å². The minimum Gasteiger partial charge on any atom is -0.0622 e. The molecule has 0 unspecified atom stereocenters. The Labute approximate surface area is 260 Å². The maximum Gasteiger partial charge on any atom is 0.0630 e. The predicted octanol–water partition coefficient (Wildman–Crippen LogP) is 11.3. The van der Waals surface area contributed by atoms with Crippen molar-refractivity contribution >= 4 is 43.1 Å². The highest BCUT2D eigenvalue weighted by Crippen LogP contribution is 2.46. The van der Waals surface area contributed by atoms with Gasteiger partial charge in [0.1, 0.15) is 0 Å². The summed E-state index contributed by atoms with van der Waals surface area (Å²) >= 11 is 0. The number of benzene rings is 8. The molecule has 8 aromatic rings. The molecule has 0 aliphatic rings. The second-order valence-corrected chi connectivity index (χ2v) is 9.03. The van der Waals surface area contributed by atoms with Gasteiger partial charge in [-0.1, -0.05) is 157 Å². The van der Waals surface area contributed by atoms with Gasteiger partial charge in [0, 0.05) is 0 Å². The molecule has 0 bridgehead atoms. The van der Waals surface area contributed by atoms with Crippen molar-refractivity contribution in [2.75, 3.05) is 0 Å². The van der Waals surface area contributed by atoms with E-state index >= 15 is 0 Å². The lowest BCUT2D eigenvalue weighted by Crippen LogP contribution is -1.92. The molecule has 0 amide bonds. The van der Waals surface area contributed by atoms with Gasteiger partial charge in [-0.3, -0.25) is 0 Å². The summed E-state index contributed by atoms with van der Waals surface area (Å²) in [6, 6.07) is -2.88. The number of fused-ring (bicyclic) bond motifs is 4. The van der Waals surface area contributed by atoms with E-state index in [0.717, 1.165) is 0 Å². The van der Waals surface area contributed by atoms with E-state index in [-0.39, 0.29) is 10.9 Å². The number of hydrogen-bond acceptors (Lipinski definition) is 0. The van der Waals surface area contributed by atoms with E-state index in [1.165, 1.54) is 0 Å². The van der Waals surface area contributed by atoms with Crippen LogP contribution in [0.2, 0.25) is 0 Å². The van der Waals surface area contributed by atoms with Gasteiger partial charge in [0.25, 0.3) is 0 Å². The third-order valence-electron chi connectivity index (χ3n) is 6.93. The van der Waals surface area contributed by atoms with Crippen LogP contribution >= 0.6 is 0 Å². The maximum atomic E-state index is 9.71. The molecule has 40 heavy (non-hydrogen) atoms. The topological polar surface area (TPSA) is 0 Å². The number of rotatable bonds is 3. The molecule has 0 aliphatic carbocycles. The Hall–Kier alpha value is -5.20. The zero-order chi connectivity index (χ0) is 43.0. The molecule has 8 rings (SSSR count). The molecule has 0 aliphatic heterocycles. The average Bonchev–Trinajstić information content (AvgIpc) is 3.23. The maximum absolute atomic E-state index is 9.71. The molecule has 8 aromatic carbocycles. The summed E-state index contributed by atoms with van der Waals surface area (Å²) in [5.41, 5.74) is -1.95. The Morgan fingerprint density at radius 2 is 0.825 bits per heavy atom. The average molecular weight is 526 g/mol. The van der Waals surface area contributed by atoms with Gasteiger partial charge in [0.2, 0.25) is 0 Å². The van der Waals surface area contributed by atoms with Crippen molar-refractivity contribution in [3.8, 4) is 33.4 Å². The highest BCUT2D eigenvalue weighted by Gasteiger charge is 2.19. The van der Waals surface area contributed by atoms with E-state index in [2.05, 4.69) is 0 Å².